The van der Waals surface area contributed by atoms with E-state index in [2.05, 4.69) is 46.8 Å². The molecule has 0 saturated heterocycles. The maximum Gasteiger partial charge on any atom is 0.409 e. The second-order valence-corrected chi connectivity index (χ2v) is 7.50. The van der Waals surface area contributed by atoms with Gasteiger partial charge in [0, 0.05) is 24.8 Å². The number of nitriles is 1. The van der Waals surface area contributed by atoms with Gasteiger partial charge in [-0.1, -0.05) is 5.40 Å². The number of aromatic nitrogens is 1. The SMILES string of the molecule is CCN(CCCN)c1ccc(N=Nc2sc3cc(OC)ccc3[n+]2C)cc1.N#C[S-]. The molecule has 0 atom stereocenters. The molecule has 158 valence electrons. The topological polar surface area (TPSA) is 90.9 Å². The number of fused-ring (bicyclic) bond motifs is 1. The number of hydrogen-bond acceptors (Lipinski definition) is 8. The maximum atomic E-state index is 7.13. The molecule has 0 spiro atoms. The summed E-state index contributed by atoms with van der Waals surface area (Å²) in [4.78, 5) is 2.31. The van der Waals surface area contributed by atoms with Crippen molar-refractivity contribution in [2.75, 3.05) is 31.6 Å². The highest BCUT2D eigenvalue weighted by Gasteiger charge is 2.16. The van der Waals surface area contributed by atoms with E-state index < -0.39 is 0 Å². The van der Waals surface area contributed by atoms with Gasteiger partial charge in [-0.25, -0.2) is 9.83 Å². The molecule has 0 saturated carbocycles. The van der Waals surface area contributed by atoms with Crippen LogP contribution in [0.4, 0.5) is 16.5 Å². The number of hydrogen-bond donors (Lipinski definition) is 1. The summed E-state index contributed by atoms with van der Waals surface area (Å²) in [6.45, 7) is 4.79. The summed E-state index contributed by atoms with van der Waals surface area (Å²) in [6, 6.07) is 14.2. The Morgan fingerprint density at radius 2 is 1.93 bits per heavy atom. The van der Waals surface area contributed by atoms with Gasteiger partial charge in [-0.05, 0) is 72.7 Å². The molecular weight excluding hydrogens is 416 g/mol. The van der Waals surface area contributed by atoms with Crippen molar-refractivity contribution in [3.05, 3.63) is 42.5 Å². The highest BCUT2D eigenvalue weighted by atomic mass is 32.1. The lowest BCUT2D eigenvalue weighted by atomic mass is 10.2. The summed E-state index contributed by atoms with van der Waals surface area (Å²) in [5.74, 6) is 0.846. The van der Waals surface area contributed by atoms with Crippen molar-refractivity contribution < 1.29 is 9.30 Å². The number of anilines is 1. The minimum atomic E-state index is 0.709. The first-order valence-corrected chi connectivity index (χ1v) is 10.7. The van der Waals surface area contributed by atoms with Crippen molar-refractivity contribution in [1.82, 2.24) is 0 Å². The summed E-state index contributed by atoms with van der Waals surface area (Å²) in [5, 5.41) is 18.2. The van der Waals surface area contributed by atoms with Crippen molar-refractivity contribution in [3.8, 4) is 11.2 Å². The van der Waals surface area contributed by atoms with E-state index in [1.807, 2.05) is 41.9 Å². The molecule has 0 aliphatic heterocycles. The molecule has 0 amide bonds. The fraction of sp³-hybridized carbons (Fsp3) is 0.333. The summed E-state index contributed by atoms with van der Waals surface area (Å²) >= 11 is 5.29. The van der Waals surface area contributed by atoms with Gasteiger partial charge in [-0.3, -0.25) is 0 Å². The van der Waals surface area contributed by atoms with E-state index in [1.54, 1.807) is 18.4 Å². The van der Waals surface area contributed by atoms with E-state index in [9.17, 15) is 0 Å². The molecule has 9 heteroatoms. The zero-order valence-corrected chi connectivity index (χ0v) is 19.0. The van der Waals surface area contributed by atoms with Crippen molar-refractivity contribution in [2.24, 2.45) is 23.0 Å². The molecule has 7 nitrogen and oxygen atoms in total. The van der Waals surface area contributed by atoms with Gasteiger partial charge in [0.2, 0.25) is 0 Å². The third-order valence-electron chi connectivity index (χ3n) is 4.50. The van der Waals surface area contributed by atoms with Crippen LogP contribution in [-0.4, -0.2) is 26.7 Å². The van der Waals surface area contributed by atoms with Crippen molar-refractivity contribution in [1.29, 1.82) is 5.26 Å². The Morgan fingerprint density at radius 1 is 1.23 bits per heavy atom. The van der Waals surface area contributed by atoms with Crippen LogP contribution < -0.4 is 19.9 Å². The first-order chi connectivity index (χ1) is 14.6. The number of azo groups is 1. The first-order valence-electron chi connectivity index (χ1n) is 9.52. The quantitative estimate of drug-likeness (QED) is 0.242. The number of nitrogens with two attached hydrogens (primary N) is 1. The van der Waals surface area contributed by atoms with E-state index >= 15 is 0 Å². The van der Waals surface area contributed by atoms with Crippen LogP contribution in [0.1, 0.15) is 13.3 Å². The number of methoxy groups -OCH3 is 1. The Bertz CT molecular complexity index is 1010. The molecule has 3 aromatic rings. The monoisotopic (exact) mass is 442 g/mol. The van der Waals surface area contributed by atoms with E-state index in [1.165, 1.54) is 11.1 Å². The third-order valence-corrected chi connectivity index (χ3v) is 5.58. The highest BCUT2D eigenvalue weighted by Crippen LogP contribution is 2.30. The zero-order chi connectivity index (χ0) is 21.9. The number of thiocyanates is 1. The van der Waals surface area contributed by atoms with Gasteiger partial charge in [0.05, 0.1) is 24.0 Å². The molecule has 30 heavy (non-hydrogen) atoms. The second kappa shape index (κ2) is 12.0. The molecule has 3 rings (SSSR count). The largest absolute Gasteiger partial charge is 0.696 e. The van der Waals surface area contributed by atoms with Crippen LogP contribution in [0.15, 0.2) is 52.7 Å². The number of nitrogens with zero attached hydrogens (tertiary/aromatic N) is 5. The van der Waals surface area contributed by atoms with Crippen LogP contribution in [0.2, 0.25) is 0 Å². The fourth-order valence-electron chi connectivity index (χ4n) is 2.92. The Labute approximate surface area is 186 Å². The molecule has 1 heterocycles. The van der Waals surface area contributed by atoms with Gasteiger partial charge in [0.25, 0.3) is 0 Å². The number of aryl methyl sites for hydroxylation is 1. The van der Waals surface area contributed by atoms with Crippen LogP contribution in [0.25, 0.3) is 10.2 Å². The molecular formula is C21H26N6OS2. The van der Waals surface area contributed by atoms with Gasteiger partial charge in [0.1, 0.15) is 17.0 Å². The minimum Gasteiger partial charge on any atom is -0.696 e. The predicted octanol–water partition coefficient (Wildman–Crippen LogP) is 4.34. The summed E-state index contributed by atoms with van der Waals surface area (Å²) < 4.78 is 8.47. The fourth-order valence-corrected chi connectivity index (χ4v) is 3.92. The number of thiazole rings is 1. The van der Waals surface area contributed by atoms with E-state index in [0.717, 1.165) is 46.3 Å². The lowest BCUT2D eigenvalue weighted by Gasteiger charge is -2.22. The van der Waals surface area contributed by atoms with Gasteiger partial charge in [-0.2, -0.15) is 0 Å². The zero-order valence-electron chi connectivity index (χ0n) is 17.4. The Hall–Kier alpha value is -2.80. The molecule has 0 fully saturated rings. The second-order valence-electron chi connectivity index (χ2n) is 6.31. The summed E-state index contributed by atoms with van der Waals surface area (Å²) in [6.07, 6.45) is 0.989. The molecule has 0 aliphatic rings. The third kappa shape index (κ3) is 6.10. The van der Waals surface area contributed by atoms with Crippen molar-refractivity contribution in [3.63, 3.8) is 0 Å². The van der Waals surface area contributed by atoms with Crippen LogP contribution in [0.5, 0.6) is 5.75 Å². The molecule has 0 unspecified atom stereocenters. The lowest BCUT2D eigenvalue weighted by molar-refractivity contribution is -0.627. The molecule has 0 bridgehead atoms. The Morgan fingerprint density at radius 3 is 2.53 bits per heavy atom. The lowest BCUT2D eigenvalue weighted by Crippen LogP contribution is -2.25. The van der Waals surface area contributed by atoms with E-state index in [4.69, 9.17) is 15.7 Å². The molecule has 0 aliphatic carbocycles. The Balaban J connectivity index is 0.00000101. The first kappa shape index (κ1) is 23.5. The van der Waals surface area contributed by atoms with E-state index in [0.29, 0.717) is 6.54 Å². The molecule has 2 N–H and O–H groups in total. The average Bonchev–Trinajstić information content (AvgIpc) is 3.09. The number of rotatable bonds is 8. The van der Waals surface area contributed by atoms with Gasteiger partial charge < -0.3 is 28.0 Å². The van der Waals surface area contributed by atoms with Crippen LogP contribution >= 0.6 is 11.3 Å². The van der Waals surface area contributed by atoms with Crippen molar-refractivity contribution >= 4 is 50.7 Å². The number of benzene rings is 2. The van der Waals surface area contributed by atoms with Crippen LogP contribution in [0, 0.1) is 10.7 Å². The predicted molar refractivity (Wildman–Crippen MR) is 125 cm³/mol. The Kier molecular flexibility index (Phi) is 9.41. The number of ether oxygens (including phenoxy) is 1. The smallest absolute Gasteiger partial charge is 0.409 e. The van der Waals surface area contributed by atoms with Crippen LogP contribution in [-0.2, 0) is 19.7 Å². The normalized spacial score (nSPS) is 10.5. The summed E-state index contributed by atoms with van der Waals surface area (Å²) in [5.41, 5.74) is 8.76. The van der Waals surface area contributed by atoms with Gasteiger partial charge in [-0.15, -0.1) is 0 Å². The van der Waals surface area contributed by atoms with Gasteiger partial charge in [0.15, 0.2) is 0 Å². The molecule has 2 aromatic carbocycles. The maximum absolute atomic E-state index is 7.13. The average molecular weight is 443 g/mol. The molecule has 0 radical (unpaired) electrons. The standard InChI is InChI=1S/C20H26N5OS.CHNS/c1-4-25(13-5-12-21)16-8-6-15(7-9-16)22-23-20-24(2)18-11-10-17(26-3)14-19(18)27-20;2-1-3/h6-11,14H,4-5,12-13,21H2,1-3H3;3H/q+1;/p-1. The summed E-state index contributed by atoms with van der Waals surface area (Å²) in [7, 11) is 3.67. The minimum absolute atomic E-state index is 0.709. The van der Waals surface area contributed by atoms with Crippen molar-refractivity contribution in [2.45, 2.75) is 13.3 Å². The van der Waals surface area contributed by atoms with E-state index in [-0.39, 0.29) is 0 Å². The van der Waals surface area contributed by atoms with Crippen LogP contribution in [0.3, 0.4) is 0 Å². The van der Waals surface area contributed by atoms with Gasteiger partial charge >= 0.3 is 5.13 Å². The molecule has 1 aromatic heterocycles. The highest BCUT2D eigenvalue weighted by molar-refractivity contribution is 7.64.